The van der Waals surface area contributed by atoms with Crippen LogP contribution in [0.4, 0.5) is 0 Å². The SMILES string of the molecule is CCCC(C)(C)C(C)(N)C(=O)O.Cl. The van der Waals surface area contributed by atoms with Crippen molar-refractivity contribution in [2.24, 2.45) is 11.1 Å². The van der Waals surface area contributed by atoms with E-state index in [2.05, 4.69) is 0 Å². The molecule has 1 unspecified atom stereocenters. The molecule has 0 bridgehead atoms. The minimum Gasteiger partial charge on any atom is -0.480 e. The second-order valence-corrected chi connectivity index (χ2v) is 4.14. The number of carbonyl (C=O) groups is 1. The molecule has 0 saturated carbocycles. The molecule has 3 N–H and O–H groups in total. The smallest absolute Gasteiger partial charge is 0.323 e. The summed E-state index contributed by atoms with van der Waals surface area (Å²) in [7, 11) is 0. The molecule has 0 radical (unpaired) electrons. The highest BCUT2D eigenvalue weighted by Crippen LogP contribution is 2.33. The van der Waals surface area contributed by atoms with E-state index in [1.807, 2.05) is 20.8 Å². The number of carboxylic acid groups (broad SMARTS) is 1. The molecule has 0 rings (SSSR count). The summed E-state index contributed by atoms with van der Waals surface area (Å²) in [6.45, 7) is 7.39. The first-order chi connectivity index (χ1) is 5.25. The van der Waals surface area contributed by atoms with Gasteiger partial charge in [0.2, 0.25) is 0 Å². The fraction of sp³-hybridized carbons (Fsp3) is 0.889. The van der Waals surface area contributed by atoms with Crippen molar-refractivity contribution in [1.29, 1.82) is 0 Å². The van der Waals surface area contributed by atoms with Gasteiger partial charge < -0.3 is 10.8 Å². The Morgan fingerprint density at radius 1 is 1.38 bits per heavy atom. The van der Waals surface area contributed by atoms with Crippen molar-refractivity contribution in [2.75, 3.05) is 0 Å². The average molecular weight is 210 g/mol. The lowest BCUT2D eigenvalue weighted by atomic mass is 9.71. The quantitative estimate of drug-likeness (QED) is 0.745. The fourth-order valence-electron chi connectivity index (χ4n) is 1.17. The van der Waals surface area contributed by atoms with Crippen LogP contribution in [0.5, 0.6) is 0 Å². The average Bonchev–Trinajstić information content (AvgIpc) is 1.86. The van der Waals surface area contributed by atoms with Gasteiger partial charge in [0, 0.05) is 0 Å². The molecule has 0 aliphatic rings. The van der Waals surface area contributed by atoms with Crippen LogP contribution in [0.1, 0.15) is 40.5 Å². The molecule has 80 valence electrons. The van der Waals surface area contributed by atoms with Crippen molar-refractivity contribution >= 4 is 18.4 Å². The first kappa shape index (κ1) is 15.2. The lowest BCUT2D eigenvalue weighted by Gasteiger charge is -2.37. The molecule has 0 aromatic carbocycles. The first-order valence-corrected chi connectivity index (χ1v) is 4.28. The Morgan fingerprint density at radius 2 is 1.77 bits per heavy atom. The monoisotopic (exact) mass is 209 g/mol. The highest BCUT2D eigenvalue weighted by Gasteiger charge is 2.43. The Kier molecular flexibility index (Phi) is 5.63. The molecule has 0 aliphatic carbocycles. The van der Waals surface area contributed by atoms with Gasteiger partial charge in [-0.15, -0.1) is 12.4 Å². The Hall–Kier alpha value is -0.280. The topological polar surface area (TPSA) is 63.3 Å². The number of rotatable bonds is 4. The zero-order valence-electron chi connectivity index (χ0n) is 8.76. The van der Waals surface area contributed by atoms with Gasteiger partial charge in [0.25, 0.3) is 0 Å². The van der Waals surface area contributed by atoms with E-state index in [9.17, 15) is 4.79 Å². The zero-order chi connectivity index (χ0) is 9.99. The summed E-state index contributed by atoms with van der Waals surface area (Å²) in [5.74, 6) is -0.930. The number of nitrogens with two attached hydrogens (primary N) is 1. The van der Waals surface area contributed by atoms with Crippen molar-refractivity contribution in [3.05, 3.63) is 0 Å². The predicted molar refractivity (Wildman–Crippen MR) is 56.2 cm³/mol. The van der Waals surface area contributed by atoms with Crippen molar-refractivity contribution in [3.8, 4) is 0 Å². The molecule has 1 atom stereocenters. The largest absolute Gasteiger partial charge is 0.480 e. The molecule has 0 amide bonds. The van der Waals surface area contributed by atoms with Gasteiger partial charge in [0.1, 0.15) is 5.54 Å². The zero-order valence-corrected chi connectivity index (χ0v) is 9.57. The van der Waals surface area contributed by atoms with Gasteiger partial charge in [0.15, 0.2) is 0 Å². The lowest BCUT2D eigenvalue weighted by Crippen LogP contribution is -2.56. The fourth-order valence-corrected chi connectivity index (χ4v) is 1.17. The van der Waals surface area contributed by atoms with E-state index >= 15 is 0 Å². The number of carboxylic acids is 1. The molecular weight excluding hydrogens is 190 g/mol. The summed E-state index contributed by atoms with van der Waals surface area (Å²) in [5.41, 5.74) is 4.23. The maximum Gasteiger partial charge on any atom is 0.323 e. The predicted octanol–water partition coefficient (Wildman–Crippen LogP) is 2.04. The summed E-state index contributed by atoms with van der Waals surface area (Å²) < 4.78 is 0. The second kappa shape index (κ2) is 4.82. The molecule has 0 aromatic heterocycles. The lowest BCUT2D eigenvalue weighted by molar-refractivity contribution is -0.147. The van der Waals surface area contributed by atoms with Crippen LogP contribution < -0.4 is 5.73 Å². The molecule has 13 heavy (non-hydrogen) atoms. The van der Waals surface area contributed by atoms with Crippen LogP contribution in [0, 0.1) is 5.41 Å². The van der Waals surface area contributed by atoms with Crippen molar-refractivity contribution in [2.45, 2.75) is 46.1 Å². The van der Waals surface area contributed by atoms with E-state index in [4.69, 9.17) is 10.8 Å². The van der Waals surface area contributed by atoms with Crippen molar-refractivity contribution in [1.82, 2.24) is 0 Å². The summed E-state index contributed by atoms with van der Waals surface area (Å²) >= 11 is 0. The summed E-state index contributed by atoms with van der Waals surface area (Å²) in [6, 6.07) is 0. The van der Waals surface area contributed by atoms with Gasteiger partial charge in [-0.3, -0.25) is 4.79 Å². The van der Waals surface area contributed by atoms with Gasteiger partial charge in [0.05, 0.1) is 0 Å². The molecular formula is C9H20ClNO2. The normalized spacial score (nSPS) is 15.8. The van der Waals surface area contributed by atoms with Crippen molar-refractivity contribution in [3.63, 3.8) is 0 Å². The molecule has 0 aromatic rings. The maximum absolute atomic E-state index is 10.8. The van der Waals surface area contributed by atoms with Crippen LogP contribution in [-0.2, 0) is 4.79 Å². The Balaban J connectivity index is 0. The van der Waals surface area contributed by atoms with Gasteiger partial charge in [-0.05, 0) is 18.8 Å². The number of hydrogen-bond acceptors (Lipinski definition) is 2. The number of halogens is 1. The van der Waals surface area contributed by atoms with Gasteiger partial charge in [-0.25, -0.2) is 0 Å². The van der Waals surface area contributed by atoms with Gasteiger partial charge in [-0.1, -0.05) is 27.2 Å². The number of hydrogen-bond donors (Lipinski definition) is 2. The molecule has 0 fully saturated rings. The highest BCUT2D eigenvalue weighted by molar-refractivity contribution is 5.85. The Bertz CT molecular complexity index is 178. The Morgan fingerprint density at radius 3 is 2.00 bits per heavy atom. The van der Waals surface area contributed by atoms with Crippen LogP contribution in [0.2, 0.25) is 0 Å². The third-order valence-corrected chi connectivity index (χ3v) is 2.73. The van der Waals surface area contributed by atoms with E-state index in [1.54, 1.807) is 6.92 Å². The Labute approximate surface area is 86.1 Å². The third-order valence-electron chi connectivity index (χ3n) is 2.73. The molecule has 3 nitrogen and oxygen atoms in total. The minimum atomic E-state index is -1.14. The van der Waals surface area contributed by atoms with E-state index in [-0.39, 0.29) is 17.8 Å². The van der Waals surface area contributed by atoms with E-state index in [0.29, 0.717) is 0 Å². The summed E-state index contributed by atoms with van der Waals surface area (Å²) in [4.78, 5) is 10.8. The molecule has 0 aliphatic heterocycles. The molecule has 0 saturated heterocycles. The van der Waals surface area contributed by atoms with Crippen LogP contribution in [0.15, 0.2) is 0 Å². The molecule has 4 heteroatoms. The van der Waals surface area contributed by atoms with E-state index in [0.717, 1.165) is 12.8 Å². The first-order valence-electron chi connectivity index (χ1n) is 4.28. The van der Waals surface area contributed by atoms with Gasteiger partial charge >= 0.3 is 5.97 Å². The summed E-state index contributed by atoms with van der Waals surface area (Å²) in [5, 5.41) is 8.88. The molecule has 0 heterocycles. The number of aliphatic carboxylic acids is 1. The maximum atomic E-state index is 10.8. The van der Waals surface area contributed by atoms with Crippen LogP contribution in [0.3, 0.4) is 0 Å². The van der Waals surface area contributed by atoms with E-state index < -0.39 is 11.5 Å². The third kappa shape index (κ3) is 3.16. The van der Waals surface area contributed by atoms with Gasteiger partial charge in [-0.2, -0.15) is 0 Å². The second-order valence-electron chi connectivity index (χ2n) is 4.14. The van der Waals surface area contributed by atoms with Crippen LogP contribution in [-0.4, -0.2) is 16.6 Å². The van der Waals surface area contributed by atoms with Crippen molar-refractivity contribution < 1.29 is 9.90 Å². The van der Waals surface area contributed by atoms with E-state index in [1.165, 1.54) is 0 Å². The van der Waals surface area contributed by atoms with Crippen LogP contribution >= 0.6 is 12.4 Å². The highest BCUT2D eigenvalue weighted by atomic mass is 35.5. The summed E-state index contributed by atoms with van der Waals surface area (Å²) in [6.07, 6.45) is 1.78. The molecule has 0 spiro atoms. The standard InChI is InChI=1S/C9H19NO2.ClH/c1-5-6-8(2,3)9(4,10)7(11)12;/h5-6,10H2,1-4H3,(H,11,12);1H. The van der Waals surface area contributed by atoms with Crippen LogP contribution in [0.25, 0.3) is 0 Å². The minimum absolute atomic E-state index is 0.